The first kappa shape index (κ1) is 18.4. The summed E-state index contributed by atoms with van der Waals surface area (Å²) >= 11 is 0. The second kappa shape index (κ2) is 8.29. The zero-order valence-corrected chi connectivity index (χ0v) is 15.2. The summed E-state index contributed by atoms with van der Waals surface area (Å²) in [5.74, 6) is 1.58. The van der Waals surface area contributed by atoms with Gasteiger partial charge in [-0.25, -0.2) is 4.98 Å². The van der Waals surface area contributed by atoms with Gasteiger partial charge in [-0.3, -0.25) is 0 Å². The van der Waals surface area contributed by atoms with E-state index in [4.69, 9.17) is 10.5 Å². The maximum Gasteiger partial charge on any atom is 0.227 e. The zero-order valence-electron chi connectivity index (χ0n) is 15.2. The highest BCUT2D eigenvalue weighted by atomic mass is 16.5. The van der Waals surface area contributed by atoms with E-state index in [-0.39, 0.29) is 12.0 Å². The highest BCUT2D eigenvalue weighted by Crippen LogP contribution is 2.45. The predicted octanol–water partition coefficient (Wildman–Crippen LogP) is 0.996. The number of hydrogen-bond donors (Lipinski definition) is 2. The van der Waals surface area contributed by atoms with Gasteiger partial charge in [0.05, 0.1) is 6.61 Å². The third-order valence-electron chi connectivity index (χ3n) is 5.95. The van der Waals surface area contributed by atoms with E-state index in [2.05, 4.69) is 19.8 Å². The van der Waals surface area contributed by atoms with Crippen LogP contribution in [0.3, 0.4) is 0 Å². The number of likely N-dealkylation sites (tertiary alicyclic amines) is 1. The van der Waals surface area contributed by atoms with Crippen LogP contribution in [0.5, 0.6) is 0 Å². The number of aliphatic hydroxyl groups is 1. The summed E-state index contributed by atoms with van der Waals surface area (Å²) in [6.45, 7) is 8.73. The van der Waals surface area contributed by atoms with Crippen LogP contribution in [0.25, 0.3) is 0 Å². The molecule has 7 nitrogen and oxygen atoms in total. The molecule has 0 saturated carbocycles. The Labute approximate surface area is 150 Å². The molecular weight excluding hydrogens is 318 g/mol. The van der Waals surface area contributed by atoms with Gasteiger partial charge in [-0.15, -0.1) is 0 Å². The molecule has 140 valence electrons. The van der Waals surface area contributed by atoms with Gasteiger partial charge in [0.25, 0.3) is 0 Å². The largest absolute Gasteiger partial charge is 0.396 e. The molecule has 1 spiro atoms. The first-order valence-corrected chi connectivity index (χ1v) is 9.41. The minimum Gasteiger partial charge on any atom is -0.396 e. The number of anilines is 2. The lowest BCUT2D eigenvalue weighted by molar-refractivity contribution is -0.0244. The Hall–Kier alpha value is -1.44. The SMILES string of the molecule is CCOCCN1CCC2(CCN(c3nccc(N)n3)CC2)[C@H](CO)C1. The number of nitrogen functional groups attached to an aromatic ring is 1. The highest BCUT2D eigenvalue weighted by molar-refractivity contribution is 5.38. The molecule has 1 aromatic rings. The van der Waals surface area contributed by atoms with Gasteiger partial charge in [0.15, 0.2) is 0 Å². The number of rotatable bonds is 6. The van der Waals surface area contributed by atoms with Gasteiger partial charge in [-0.2, -0.15) is 4.98 Å². The van der Waals surface area contributed by atoms with Crippen molar-refractivity contribution in [1.82, 2.24) is 14.9 Å². The molecule has 0 aromatic carbocycles. The number of aliphatic hydroxyl groups excluding tert-OH is 1. The van der Waals surface area contributed by atoms with Crippen molar-refractivity contribution in [3.8, 4) is 0 Å². The molecule has 1 aromatic heterocycles. The van der Waals surface area contributed by atoms with E-state index >= 15 is 0 Å². The summed E-state index contributed by atoms with van der Waals surface area (Å²) in [5.41, 5.74) is 6.03. The van der Waals surface area contributed by atoms with Gasteiger partial charge >= 0.3 is 0 Å². The molecule has 2 aliphatic rings. The van der Waals surface area contributed by atoms with Gasteiger partial charge in [0, 0.05) is 51.5 Å². The average Bonchev–Trinajstić information content (AvgIpc) is 2.64. The van der Waals surface area contributed by atoms with Crippen LogP contribution in [0.1, 0.15) is 26.2 Å². The van der Waals surface area contributed by atoms with Crippen molar-refractivity contribution in [2.45, 2.75) is 26.2 Å². The summed E-state index contributed by atoms with van der Waals surface area (Å²) in [4.78, 5) is 13.4. The fourth-order valence-electron chi connectivity index (χ4n) is 4.30. The van der Waals surface area contributed by atoms with E-state index in [9.17, 15) is 5.11 Å². The van der Waals surface area contributed by atoms with Crippen LogP contribution in [-0.4, -0.2) is 72.5 Å². The van der Waals surface area contributed by atoms with Gasteiger partial charge < -0.3 is 25.4 Å². The Bertz CT molecular complexity index is 548. The van der Waals surface area contributed by atoms with Crippen molar-refractivity contribution in [1.29, 1.82) is 0 Å². The van der Waals surface area contributed by atoms with Crippen molar-refractivity contribution < 1.29 is 9.84 Å². The predicted molar refractivity (Wildman–Crippen MR) is 98.5 cm³/mol. The Morgan fingerprint density at radius 2 is 2.08 bits per heavy atom. The zero-order chi connectivity index (χ0) is 17.7. The van der Waals surface area contributed by atoms with Gasteiger partial charge in [0.1, 0.15) is 5.82 Å². The summed E-state index contributed by atoms with van der Waals surface area (Å²) < 4.78 is 5.48. The van der Waals surface area contributed by atoms with Gasteiger partial charge in [-0.1, -0.05) is 0 Å². The maximum atomic E-state index is 10.0. The molecule has 0 bridgehead atoms. The number of ether oxygens (including phenoxy) is 1. The lowest BCUT2D eigenvalue weighted by Gasteiger charge is -2.51. The molecule has 2 fully saturated rings. The second-order valence-corrected chi connectivity index (χ2v) is 7.26. The molecule has 0 aliphatic carbocycles. The van der Waals surface area contributed by atoms with Crippen LogP contribution >= 0.6 is 0 Å². The van der Waals surface area contributed by atoms with Crippen LogP contribution in [0.15, 0.2) is 12.3 Å². The van der Waals surface area contributed by atoms with Crippen LogP contribution in [0, 0.1) is 11.3 Å². The molecule has 7 heteroatoms. The van der Waals surface area contributed by atoms with E-state index in [0.29, 0.717) is 11.7 Å². The Kier molecular flexibility index (Phi) is 6.09. The fraction of sp³-hybridized carbons (Fsp3) is 0.778. The van der Waals surface area contributed by atoms with Gasteiger partial charge in [0.2, 0.25) is 5.95 Å². The van der Waals surface area contributed by atoms with E-state index in [0.717, 1.165) is 71.1 Å². The summed E-state index contributed by atoms with van der Waals surface area (Å²) in [5, 5.41) is 10.0. The summed E-state index contributed by atoms with van der Waals surface area (Å²) in [6, 6.07) is 1.72. The normalized spacial score (nSPS) is 23.9. The Morgan fingerprint density at radius 3 is 2.76 bits per heavy atom. The average molecular weight is 349 g/mol. The van der Waals surface area contributed by atoms with Crippen LogP contribution in [-0.2, 0) is 4.74 Å². The maximum absolute atomic E-state index is 10.0. The van der Waals surface area contributed by atoms with E-state index < -0.39 is 0 Å². The minimum absolute atomic E-state index is 0.244. The molecule has 0 unspecified atom stereocenters. The molecule has 2 aliphatic heterocycles. The topological polar surface area (TPSA) is 87.7 Å². The quantitative estimate of drug-likeness (QED) is 0.741. The van der Waals surface area contributed by atoms with Crippen LogP contribution < -0.4 is 10.6 Å². The van der Waals surface area contributed by atoms with Crippen molar-refractivity contribution in [3.05, 3.63) is 12.3 Å². The Morgan fingerprint density at radius 1 is 1.32 bits per heavy atom. The van der Waals surface area contributed by atoms with Crippen LogP contribution in [0.4, 0.5) is 11.8 Å². The lowest BCUT2D eigenvalue weighted by Crippen LogP contribution is -2.54. The Balaban J connectivity index is 1.58. The molecule has 0 radical (unpaired) electrons. The van der Waals surface area contributed by atoms with Crippen LogP contribution in [0.2, 0.25) is 0 Å². The molecule has 25 heavy (non-hydrogen) atoms. The van der Waals surface area contributed by atoms with Crippen molar-refractivity contribution in [3.63, 3.8) is 0 Å². The number of nitrogens with zero attached hydrogens (tertiary/aromatic N) is 4. The first-order chi connectivity index (χ1) is 12.2. The third kappa shape index (κ3) is 4.22. The number of piperidine rings is 2. The number of nitrogens with two attached hydrogens (primary N) is 1. The molecule has 3 rings (SSSR count). The third-order valence-corrected chi connectivity index (χ3v) is 5.95. The lowest BCUT2D eigenvalue weighted by atomic mass is 9.64. The van der Waals surface area contributed by atoms with Crippen molar-refractivity contribution >= 4 is 11.8 Å². The fourth-order valence-corrected chi connectivity index (χ4v) is 4.30. The summed E-state index contributed by atoms with van der Waals surface area (Å²) in [6.07, 6.45) is 5.02. The smallest absolute Gasteiger partial charge is 0.227 e. The first-order valence-electron chi connectivity index (χ1n) is 9.41. The second-order valence-electron chi connectivity index (χ2n) is 7.26. The van der Waals surface area contributed by atoms with E-state index in [1.807, 2.05) is 6.92 Å². The van der Waals surface area contributed by atoms with Crippen molar-refractivity contribution in [2.24, 2.45) is 11.3 Å². The monoisotopic (exact) mass is 349 g/mol. The summed E-state index contributed by atoms with van der Waals surface area (Å²) in [7, 11) is 0. The molecular formula is C18H31N5O2. The molecule has 3 heterocycles. The molecule has 0 amide bonds. The van der Waals surface area contributed by atoms with Gasteiger partial charge in [-0.05, 0) is 44.2 Å². The number of hydrogen-bond acceptors (Lipinski definition) is 7. The highest BCUT2D eigenvalue weighted by Gasteiger charge is 2.44. The molecule has 1 atom stereocenters. The minimum atomic E-state index is 0.244. The van der Waals surface area contributed by atoms with Crippen molar-refractivity contribution in [2.75, 3.05) is 63.2 Å². The molecule has 3 N–H and O–H groups in total. The number of aromatic nitrogens is 2. The standard InChI is InChI=1S/C18H31N5O2/c1-2-25-12-11-22-8-4-18(15(13-22)14-24)5-9-23(10-6-18)17-20-7-3-16(19)21-17/h3,7,15,24H,2,4-6,8-14H2,1H3,(H2,19,20,21)/t15-/m0/s1. The van der Waals surface area contributed by atoms with E-state index in [1.54, 1.807) is 12.3 Å². The van der Waals surface area contributed by atoms with E-state index in [1.165, 1.54) is 0 Å². The molecule has 2 saturated heterocycles.